The number of benzene rings is 2. The predicted octanol–water partition coefficient (Wildman–Crippen LogP) is 2.74. The fraction of sp³-hybridized carbons (Fsp3) is 0.118. The highest BCUT2D eigenvalue weighted by molar-refractivity contribution is 7.99. The molecule has 0 unspecified atom stereocenters. The van der Waals surface area contributed by atoms with E-state index in [1.54, 1.807) is 14.2 Å². The maximum atomic E-state index is 11.5. The Kier molecular flexibility index (Phi) is 4.90. The number of amides is 1. The van der Waals surface area contributed by atoms with Gasteiger partial charge in [-0.05, 0) is 24.3 Å². The van der Waals surface area contributed by atoms with E-state index in [0.717, 1.165) is 15.4 Å². The average molecular weight is 356 g/mol. The quantitative estimate of drug-likeness (QED) is 0.704. The summed E-state index contributed by atoms with van der Waals surface area (Å²) in [6.07, 6.45) is 0. The van der Waals surface area contributed by atoms with Crippen LogP contribution < -0.4 is 15.2 Å². The first kappa shape index (κ1) is 16.8. The molecule has 0 saturated heterocycles. The van der Waals surface area contributed by atoms with Crippen molar-refractivity contribution >= 4 is 17.7 Å². The predicted molar refractivity (Wildman–Crippen MR) is 94.0 cm³/mol. The third-order valence-corrected chi connectivity index (χ3v) is 4.57. The molecule has 0 saturated carbocycles. The lowest BCUT2D eigenvalue weighted by molar-refractivity contribution is 0.0996. The van der Waals surface area contributed by atoms with Crippen LogP contribution in [0, 0.1) is 0 Å². The van der Waals surface area contributed by atoms with Gasteiger partial charge in [0, 0.05) is 15.4 Å². The summed E-state index contributed by atoms with van der Waals surface area (Å²) < 4.78 is 10.6. The van der Waals surface area contributed by atoms with E-state index in [-0.39, 0.29) is 5.69 Å². The van der Waals surface area contributed by atoms with Crippen molar-refractivity contribution < 1.29 is 14.3 Å². The molecule has 8 heteroatoms. The van der Waals surface area contributed by atoms with Crippen molar-refractivity contribution in [2.24, 2.45) is 5.73 Å². The number of nitrogens with zero attached hydrogens (tertiary/aromatic N) is 2. The number of carbonyl (C=O) groups excluding carboxylic acids is 1. The van der Waals surface area contributed by atoms with E-state index in [9.17, 15) is 4.79 Å². The van der Waals surface area contributed by atoms with E-state index in [1.807, 2.05) is 42.5 Å². The van der Waals surface area contributed by atoms with E-state index in [0.29, 0.717) is 17.2 Å². The fourth-order valence-corrected chi connectivity index (χ4v) is 3.33. The Hall–Kier alpha value is -3.00. The Labute approximate surface area is 148 Å². The number of rotatable bonds is 6. The maximum absolute atomic E-state index is 11.5. The van der Waals surface area contributed by atoms with Crippen LogP contribution in [0.5, 0.6) is 11.5 Å². The first-order valence-electron chi connectivity index (χ1n) is 7.34. The minimum Gasteiger partial charge on any atom is -0.493 e. The summed E-state index contributed by atoms with van der Waals surface area (Å²) in [5.74, 6) is 0.673. The number of aromatic nitrogens is 3. The number of hydrogen-bond acceptors (Lipinski definition) is 6. The number of hydrogen-bond donors (Lipinski definition) is 2. The third-order valence-electron chi connectivity index (χ3n) is 3.51. The van der Waals surface area contributed by atoms with Crippen LogP contribution in [0.25, 0.3) is 11.3 Å². The lowest BCUT2D eigenvalue weighted by Gasteiger charge is -2.11. The second kappa shape index (κ2) is 7.27. The van der Waals surface area contributed by atoms with E-state index < -0.39 is 5.91 Å². The summed E-state index contributed by atoms with van der Waals surface area (Å²) in [6, 6.07) is 13.3. The molecule has 25 heavy (non-hydrogen) atoms. The van der Waals surface area contributed by atoms with Crippen molar-refractivity contribution in [2.75, 3.05) is 14.2 Å². The van der Waals surface area contributed by atoms with Gasteiger partial charge in [0.25, 0.3) is 5.91 Å². The standard InChI is InChI=1S/C17H16N4O3S/c1-23-12-8-7-10(9-13(12)24-2)25-14-6-4-3-5-11(14)15-16(17(18)22)20-21-19-15/h3-9H,1-2H3,(H2,18,22)(H,19,20,21). The molecule has 2 aromatic carbocycles. The zero-order valence-electron chi connectivity index (χ0n) is 13.6. The van der Waals surface area contributed by atoms with Gasteiger partial charge < -0.3 is 15.2 Å². The van der Waals surface area contributed by atoms with E-state index in [4.69, 9.17) is 15.2 Å². The lowest BCUT2D eigenvalue weighted by atomic mass is 10.1. The maximum Gasteiger partial charge on any atom is 0.271 e. The summed E-state index contributed by atoms with van der Waals surface area (Å²) in [4.78, 5) is 13.4. The molecule has 3 N–H and O–H groups in total. The molecule has 0 aliphatic rings. The number of nitrogens with two attached hydrogens (primary N) is 1. The smallest absolute Gasteiger partial charge is 0.271 e. The van der Waals surface area contributed by atoms with Crippen LogP contribution in [0.1, 0.15) is 10.5 Å². The normalized spacial score (nSPS) is 10.5. The molecular weight excluding hydrogens is 340 g/mol. The summed E-state index contributed by atoms with van der Waals surface area (Å²) >= 11 is 1.51. The molecule has 3 rings (SSSR count). The fourth-order valence-electron chi connectivity index (χ4n) is 2.35. The Morgan fingerprint density at radius 2 is 1.84 bits per heavy atom. The Morgan fingerprint density at radius 3 is 2.56 bits per heavy atom. The van der Waals surface area contributed by atoms with Crippen molar-refractivity contribution in [1.82, 2.24) is 15.4 Å². The molecule has 7 nitrogen and oxygen atoms in total. The zero-order chi connectivity index (χ0) is 17.8. The summed E-state index contributed by atoms with van der Waals surface area (Å²) in [5, 5.41) is 10.4. The molecule has 0 bridgehead atoms. The first-order chi connectivity index (χ1) is 12.1. The molecule has 128 valence electrons. The molecule has 0 aliphatic heterocycles. The minimum absolute atomic E-state index is 0.111. The van der Waals surface area contributed by atoms with Gasteiger partial charge in [-0.2, -0.15) is 15.4 Å². The van der Waals surface area contributed by atoms with Gasteiger partial charge >= 0.3 is 0 Å². The minimum atomic E-state index is -0.630. The van der Waals surface area contributed by atoms with Gasteiger partial charge in [-0.1, -0.05) is 30.0 Å². The Balaban J connectivity index is 2.00. The number of carbonyl (C=O) groups is 1. The monoisotopic (exact) mass is 356 g/mol. The third kappa shape index (κ3) is 3.43. The number of H-pyrrole nitrogens is 1. The second-order valence-electron chi connectivity index (χ2n) is 5.00. The average Bonchev–Trinajstić information content (AvgIpc) is 3.12. The summed E-state index contributed by atoms with van der Waals surface area (Å²) in [7, 11) is 3.19. The topological polar surface area (TPSA) is 103 Å². The summed E-state index contributed by atoms with van der Waals surface area (Å²) in [5.41, 5.74) is 6.68. The highest BCUT2D eigenvalue weighted by Gasteiger charge is 2.18. The van der Waals surface area contributed by atoms with Crippen LogP contribution in [-0.4, -0.2) is 35.5 Å². The second-order valence-corrected chi connectivity index (χ2v) is 6.12. The molecule has 1 aromatic heterocycles. The number of nitrogens with one attached hydrogen (secondary N) is 1. The van der Waals surface area contributed by atoms with Crippen molar-refractivity contribution in [3.8, 4) is 22.8 Å². The van der Waals surface area contributed by atoms with Crippen molar-refractivity contribution in [3.05, 3.63) is 48.2 Å². The van der Waals surface area contributed by atoms with E-state index in [1.165, 1.54) is 11.8 Å². The highest BCUT2D eigenvalue weighted by Crippen LogP contribution is 2.39. The van der Waals surface area contributed by atoms with Crippen LogP contribution in [0.15, 0.2) is 52.3 Å². The van der Waals surface area contributed by atoms with Crippen LogP contribution in [0.3, 0.4) is 0 Å². The van der Waals surface area contributed by atoms with Crippen molar-refractivity contribution in [2.45, 2.75) is 9.79 Å². The van der Waals surface area contributed by atoms with Crippen LogP contribution in [0.2, 0.25) is 0 Å². The molecule has 0 radical (unpaired) electrons. The van der Waals surface area contributed by atoms with Gasteiger partial charge in [0.1, 0.15) is 5.69 Å². The zero-order valence-corrected chi connectivity index (χ0v) is 14.5. The Morgan fingerprint density at radius 1 is 1.08 bits per heavy atom. The summed E-state index contributed by atoms with van der Waals surface area (Å²) in [6.45, 7) is 0. The Bertz CT molecular complexity index is 910. The number of primary amides is 1. The first-order valence-corrected chi connectivity index (χ1v) is 8.15. The molecule has 0 spiro atoms. The van der Waals surface area contributed by atoms with Gasteiger partial charge in [0.15, 0.2) is 17.2 Å². The largest absolute Gasteiger partial charge is 0.493 e. The van der Waals surface area contributed by atoms with Crippen LogP contribution >= 0.6 is 11.8 Å². The van der Waals surface area contributed by atoms with E-state index >= 15 is 0 Å². The van der Waals surface area contributed by atoms with Gasteiger partial charge in [-0.3, -0.25) is 4.79 Å². The van der Waals surface area contributed by atoms with Gasteiger partial charge in [0.2, 0.25) is 0 Å². The van der Waals surface area contributed by atoms with Crippen molar-refractivity contribution in [1.29, 1.82) is 0 Å². The number of aromatic amines is 1. The molecule has 1 heterocycles. The molecule has 3 aromatic rings. The van der Waals surface area contributed by atoms with Gasteiger partial charge in [-0.25, -0.2) is 0 Å². The molecule has 0 atom stereocenters. The lowest BCUT2D eigenvalue weighted by Crippen LogP contribution is -2.12. The number of ether oxygens (including phenoxy) is 2. The van der Waals surface area contributed by atoms with Crippen molar-refractivity contribution in [3.63, 3.8) is 0 Å². The SMILES string of the molecule is COc1ccc(Sc2ccccc2-c2n[nH]nc2C(N)=O)cc1OC. The molecule has 0 fully saturated rings. The van der Waals surface area contributed by atoms with E-state index in [2.05, 4.69) is 15.4 Å². The van der Waals surface area contributed by atoms with Gasteiger partial charge in [0.05, 0.1) is 14.2 Å². The van der Waals surface area contributed by atoms with Gasteiger partial charge in [-0.15, -0.1) is 0 Å². The number of methoxy groups -OCH3 is 2. The molecule has 1 amide bonds. The van der Waals surface area contributed by atoms with Crippen LogP contribution in [-0.2, 0) is 0 Å². The molecule has 0 aliphatic carbocycles. The molecular formula is C17H16N4O3S. The van der Waals surface area contributed by atoms with Crippen LogP contribution in [0.4, 0.5) is 0 Å². The highest BCUT2D eigenvalue weighted by atomic mass is 32.2.